The third-order valence-corrected chi connectivity index (χ3v) is 4.71. The summed E-state index contributed by atoms with van der Waals surface area (Å²) in [5.74, 6) is -0.596. The van der Waals surface area contributed by atoms with Crippen LogP contribution in [0.4, 0.5) is 4.39 Å². The number of hydrazine groups is 1. The Hall–Kier alpha value is -2.65. The highest BCUT2D eigenvalue weighted by Crippen LogP contribution is 2.25. The van der Waals surface area contributed by atoms with Gasteiger partial charge in [-0.2, -0.15) is 0 Å². The van der Waals surface area contributed by atoms with Gasteiger partial charge in [0.15, 0.2) is 5.76 Å². The quantitative estimate of drug-likeness (QED) is 0.527. The van der Waals surface area contributed by atoms with Crippen LogP contribution in [0.2, 0.25) is 0 Å². The molecule has 2 amide bonds. The molecule has 0 saturated carbocycles. The number of carbonyl (C=O) groups excluding carboxylic acids is 2. The maximum Gasteiger partial charge on any atom is 0.279 e. The molecular weight excluding hydrogens is 365 g/mol. The van der Waals surface area contributed by atoms with E-state index in [1.165, 1.54) is 29.7 Å². The van der Waals surface area contributed by atoms with Gasteiger partial charge in [0.25, 0.3) is 11.1 Å². The Morgan fingerprint density at radius 2 is 2.00 bits per heavy atom. The normalized spacial score (nSPS) is 10.4. The summed E-state index contributed by atoms with van der Waals surface area (Å²) in [5, 5.41) is 2.08. The molecule has 3 rings (SSSR count). The molecule has 2 heterocycles. The van der Waals surface area contributed by atoms with E-state index in [-0.39, 0.29) is 17.5 Å². The van der Waals surface area contributed by atoms with Crippen LogP contribution >= 0.6 is 23.1 Å². The van der Waals surface area contributed by atoms with Crippen LogP contribution in [0.3, 0.4) is 0 Å². The van der Waals surface area contributed by atoms with Crippen molar-refractivity contribution in [1.82, 2.24) is 15.8 Å². The van der Waals surface area contributed by atoms with E-state index >= 15 is 0 Å². The third kappa shape index (κ3) is 4.68. The molecule has 2 N–H and O–H groups in total. The second kappa shape index (κ2) is 7.95. The van der Waals surface area contributed by atoms with Crippen LogP contribution in [0.25, 0.3) is 11.3 Å². The Bertz CT molecular complexity index is 863. The topological polar surface area (TPSA) is 84.2 Å². The second-order valence-corrected chi connectivity index (χ2v) is 6.64. The summed E-state index contributed by atoms with van der Waals surface area (Å²) >= 11 is 2.36. The molecule has 128 valence electrons. The van der Waals surface area contributed by atoms with Crippen molar-refractivity contribution in [1.29, 1.82) is 0 Å². The van der Waals surface area contributed by atoms with E-state index in [9.17, 15) is 14.0 Å². The number of rotatable bonds is 5. The number of halogens is 1. The molecule has 3 aromatic rings. The SMILES string of the molecule is O=C(CSc1ncc(-c2ccc(F)cc2)o1)NNC(=O)c1cccs1. The van der Waals surface area contributed by atoms with Gasteiger partial charge >= 0.3 is 0 Å². The molecule has 0 radical (unpaired) electrons. The Balaban J connectivity index is 1.48. The molecular formula is C16H12FN3O3S2. The van der Waals surface area contributed by atoms with Crippen molar-refractivity contribution in [2.24, 2.45) is 0 Å². The number of carbonyl (C=O) groups is 2. The fourth-order valence-electron chi connectivity index (χ4n) is 1.83. The lowest BCUT2D eigenvalue weighted by Gasteiger charge is -2.04. The highest BCUT2D eigenvalue weighted by Gasteiger charge is 2.11. The number of hydrogen-bond donors (Lipinski definition) is 2. The molecule has 0 saturated heterocycles. The van der Waals surface area contributed by atoms with Gasteiger partial charge in [-0.25, -0.2) is 9.37 Å². The van der Waals surface area contributed by atoms with Crippen LogP contribution in [-0.2, 0) is 4.79 Å². The average molecular weight is 377 g/mol. The first kappa shape index (κ1) is 17.2. The molecule has 0 unspecified atom stereocenters. The van der Waals surface area contributed by atoms with Gasteiger partial charge in [0.1, 0.15) is 5.82 Å². The number of benzene rings is 1. The number of amides is 2. The van der Waals surface area contributed by atoms with E-state index in [1.54, 1.807) is 29.6 Å². The van der Waals surface area contributed by atoms with Gasteiger partial charge in [-0.1, -0.05) is 17.8 Å². The number of nitrogens with one attached hydrogen (secondary N) is 2. The van der Waals surface area contributed by atoms with Crippen molar-refractivity contribution >= 4 is 34.9 Å². The van der Waals surface area contributed by atoms with E-state index in [0.717, 1.165) is 11.8 Å². The van der Waals surface area contributed by atoms with Crippen molar-refractivity contribution in [2.45, 2.75) is 5.22 Å². The molecule has 0 aliphatic heterocycles. The molecule has 0 aliphatic carbocycles. The van der Waals surface area contributed by atoms with E-state index in [0.29, 0.717) is 21.4 Å². The predicted octanol–water partition coefficient (Wildman–Crippen LogP) is 3.10. The van der Waals surface area contributed by atoms with Crippen molar-refractivity contribution < 1.29 is 18.4 Å². The summed E-state index contributed by atoms with van der Waals surface area (Å²) in [5.41, 5.74) is 5.34. The van der Waals surface area contributed by atoms with E-state index < -0.39 is 5.91 Å². The van der Waals surface area contributed by atoms with Gasteiger partial charge < -0.3 is 4.42 Å². The zero-order chi connectivity index (χ0) is 17.6. The summed E-state index contributed by atoms with van der Waals surface area (Å²) in [4.78, 5) is 28.0. The van der Waals surface area contributed by atoms with E-state index in [2.05, 4.69) is 15.8 Å². The average Bonchev–Trinajstić information content (AvgIpc) is 3.30. The maximum atomic E-state index is 12.9. The molecule has 25 heavy (non-hydrogen) atoms. The first-order valence-electron chi connectivity index (χ1n) is 7.09. The van der Waals surface area contributed by atoms with Crippen LogP contribution in [0.5, 0.6) is 0 Å². The minimum absolute atomic E-state index is 0.0219. The molecule has 0 atom stereocenters. The van der Waals surface area contributed by atoms with Crippen LogP contribution in [0, 0.1) is 5.82 Å². The third-order valence-electron chi connectivity index (χ3n) is 3.00. The molecule has 1 aromatic carbocycles. The largest absolute Gasteiger partial charge is 0.431 e. The van der Waals surface area contributed by atoms with Crippen LogP contribution in [0.15, 0.2) is 57.6 Å². The molecule has 9 heteroatoms. The van der Waals surface area contributed by atoms with Crippen LogP contribution in [0.1, 0.15) is 9.67 Å². The number of thioether (sulfide) groups is 1. The molecule has 0 aliphatic rings. The van der Waals surface area contributed by atoms with Crippen LogP contribution < -0.4 is 10.9 Å². The van der Waals surface area contributed by atoms with Crippen molar-refractivity contribution in [2.75, 3.05) is 5.75 Å². The van der Waals surface area contributed by atoms with Gasteiger partial charge in [-0.05, 0) is 35.7 Å². The Morgan fingerprint density at radius 1 is 1.20 bits per heavy atom. The number of hydrogen-bond acceptors (Lipinski definition) is 6. The predicted molar refractivity (Wildman–Crippen MR) is 92.5 cm³/mol. The van der Waals surface area contributed by atoms with Gasteiger partial charge in [0.05, 0.1) is 16.8 Å². The summed E-state index contributed by atoms with van der Waals surface area (Å²) in [6.07, 6.45) is 1.51. The lowest BCUT2D eigenvalue weighted by Crippen LogP contribution is -2.42. The van der Waals surface area contributed by atoms with Crippen molar-refractivity contribution in [3.63, 3.8) is 0 Å². The van der Waals surface area contributed by atoms with Gasteiger partial charge in [0.2, 0.25) is 5.91 Å². The van der Waals surface area contributed by atoms with E-state index in [1.807, 2.05) is 0 Å². The van der Waals surface area contributed by atoms with Crippen LogP contribution in [-0.4, -0.2) is 22.6 Å². The number of aromatic nitrogens is 1. The second-order valence-electron chi connectivity index (χ2n) is 4.77. The van der Waals surface area contributed by atoms with Gasteiger partial charge in [0, 0.05) is 5.56 Å². The van der Waals surface area contributed by atoms with Gasteiger partial charge in [-0.15, -0.1) is 11.3 Å². The Labute approximate surface area is 150 Å². The smallest absolute Gasteiger partial charge is 0.279 e. The fourth-order valence-corrected chi connectivity index (χ4v) is 3.05. The van der Waals surface area contributed by atoms with Crippen molar-refractivity contribution in [3.8, 4) is 11.3 Å². The standard InChI is InChI=1S/C16H12FN3O3S2/c17-11-5-3-10(4-6-11)12-8-18-16(23-12)25-9-14(21)19-20-15(22)13-2-1-7-24-13/h1-8H,9H2,(H,19,21)(H,20,22). The Kier molecular flexibility index (Phi) is 5.46. The minimum Gasteiger partial charge on any atom is -0.431 e. The molecule has 0 fully saturated rings. The summed E-state index contributed by atoms with van der Waals surface area (Å²) in [7, 11) is 0. The van der Waals surface area contributed by atoms with Crippen molar-refractivity contribution in [3.05, 3.63) is 58.7 Å². The lowest BCUT2D eigenvalue weighted by molar-refractivity contribution is -0.119. The number of thiophene rings is 1. The fraction of sp³-hybridized carbons (Fsp3) is 0.0625. The zero-order valence-corrected chi connectivity index (χ0v) is 14.3. The minimum atomic E-state index is -0.392. The summed E-state index contributed by atoms with van der Waals surface area (Å²) in [6, 6.07) is 9.22. The van der Waals surface area contributed by atoms with Gasteiger partial charge in [-0.3, -0.25) is 20.4 Å². The monoisotopic (exact) mass is 377 g/mol. The Morgan fingerprint density at radius 3 is 2.72 bits per heavy atom. The molecule has 6 nitrogen and oxygen atoms in total. The number of oxazole rings is 1. The highest BCUT2D eigenvalue weighted by atomic mass is 32.2. The van der Waals surface area contributed by atoms with E-state index in [4.69, 9.17) is 4.42 Å². The summed E-state index contributed by atoms with van der Waals surface area (Å²) < 4.78 is 18.4. The maximum absolute atomic E-state index is 12.9. The first-order chi connectivity index (χ1) is 12.1. The molecule has 2 aromatic heterocycles. The zero-order valence-electron chi connectivity index (χ0n) is 12.7. The first-order valence-corrected chi connectivity index (χ1v) is 8.95. The molecule has 0 spiro atoms. The lowest BCUT2D eigenvalue weighted by atomic mass is 10.2. The number of nitrogens with zero attached hydrogens (tertiary/aromatic N) is 1. The summed E-state index contributed by atoms with van der Waals surface area (Å²) in [6.45, 7) is 0. The molecule has 0 bridgehead atoms. The highest BCUT2D eigenvalue weighted by molar-refractivity contribution is 7.99.